The Balaban J connectivity index is 1.78. The van der Waals surface area contributed by atoms with Crippen molar-refractivity contribution in [3.8, 4) is 0 Å². The molecule has 158 valence electrons. The van der Waals surface area contributed by atoms with Crippen LogP contribution in [0.15, 0.2) is 23.8 Å². The van der Waals surface area contributed by atoms with Gasteiger partial charge in [0.1, 0.15) is 11.7 Å². The Morgan fingerprint density at radius 2 is 2.04 bits per heavy atom. The first-order chi connectivity index (χ1) is 13.2. The number of aliphatic hydroxyl groups is 2. The molecule has 0 aromatic rings. The molecule has 6 atom stereocenters. The maximum atomic E-state index is 12.6. The molecular weight excluding hydrogens is 356 g/mol. The number of hydrogen-bond donors (Lipinski definition) is 2. The lowest BCUT2D eigenvalue weighted by Gasteiger charge is -2.55. The van der Waals surface area contributed by atoms with Crippen LogP contribution in [0.1, 0.15) is 72.1 Å². The van der Waals surface area contributed by atoms with E-state index in [9.17, 15) is 15.0 Å². The van der Waals surface area contributed by atoms with Crippen LogP contribution in [0.4, 0.5) is 0 Å². The minimum absolute atomic E-state index is 0.106. The summed E-state index contributed by atoms with van der Waals surface area (Å²) in [5.41, 5.74) is -0.177. The zero-order valence-corrected chi connectivity index (χ0v) is 17.6. The zero-order valence-electron chi connectivity index (χ0n) is 17.6. The van der Waals surface area contributed by atoms with Gasteiger partial charge in [0.2, 0.25) is 0 Å². The summed E-state index contributed by atoms with van der Waals surface area (Å²) in [5, 5.41) is 22.8. The Labute approximate surface area is 168 Å². The minimum atomic E-state index is -1.66. The van der Waals surface area contributed by atoms with Crippen LogP contribution in [0.25, 0.3) is 0 Å². The normalized spacial score (nSPS) is 39.9. The van der Waals surface area contributed by atoms with Crippen molar-refractivity contribution in [3.63, 3.8) is 0 Å². The quantitative estimate of drug-likeness (QED) is 0.391. The highest BCUT2D eigenvalue weighted by Crippen LogP contribution is 2.58. The molecule has 2 aliphatic carbocycles. The summed E-state index contributed by atoms with van der Waals surface area (Å²) in [4.78, 5) is 12.6. The summed E-state index contributed by atoms with van der Waals surface area (Å²) in [6.45, 7) is 10.3. The average molecular weight is 393 g/mol. The van der Waals surface area contributed by atoms with Crippen molar-refractivity contribution in [2.24, 2.45) is 17.8 Å². The van der Waals surface area contributed by atoms with Crippen molar-refractivity contribution in [3.05, 3.63) is 23.8 Å². The molecule has 0 spiro atoms. The predicted octanol–water partition coefficient (Wildman–Crippen LogP) is 3.89. The number of ether oxygens (including phenoxy) is 2. The maximum absolute atomic E-state index is 12.6. The molecule has 1 saturated heterocycles. The summed E-state index contributed by atoms with van der Waals surface area (Å²) in [6.07, 6.45) is 8.45. The third-order valence-corrected chi connectivity index (χ3v) is 7.12. The number of allylic oxidation sites excluding steroid dienone is 1. The average Bonchev–Trinajstić information content (AvgIpc) is 2.88. The molecule has 1 heterocycles. The van der Waals surface area contributed by atoms with Crippen molar-refractivity contribution in [1.82, 2.24) is 0 Å². The second-order valence-electron chi connectivity index (χ2n) is 9.07. The SMILES string of the molecule is C=C1CO[C@]2(O)C[C@H](C)[C@H]3CC=C(C)[C@@H](OC(=O)CCCCCCC)[C@@H]3[C@]12O. The summed E-state index contributed by atoms with van der Waals surface area (Å²) in [5.74, 6) is -2.08. The first kappa shape index (κ1) is 21.5. The summed E-state index contributed by atoms with van der Waals surface area (Å²) < 4.78 is 11.5. The molecule has 1 aliphatic heterocycles. The zero-order chi connectivity index (χ0) is 20.5. The molecule has 0 aromatic carbocycles. The van der Waals surface area contributed by atoms with Crippen LogP contribution in [-0.4, -0.2) is 40.3 Å². The molecule has 3 rings (SSSR count). The van der Waals surface area contributed by atoms with E-state index in [1.807, 2.05) is 6.92 Å². The molecule has 5 heteroatoms. The van der Waals surface area contributed by atoms with Gasteiger partial charge in [-0.2, -0.15) is 0 Å². The van der Waals surface area contributed by atoms with Gasteiger partial charge < -0.3 is 19.7 Å². The summed E-state index contributed by atoms with van der Waals surface area (Å²) >= 11 is 0. The lowest BCUT2D eigenvalue weighted by atomic mass is 9.55. The fourth-order valence-corrected chi connectivity index (χ4v) is 5.45. The van der Waals surface area contributed by atoms with E-state index in [4.69, 9.17) is 9.47 Å². The Kier molecular flexibility index (Phi) is 6.38. The van der Waals surface area contributed by atoms with Crippen molar-refractivity contribution in [1.29, 1.82) is 0 Å². The van der Waals surface area contributed by atoms with E-state index in [0.717, 1.165) is 31.3 Å². The van der Waals surface area contributed by atoms with Crippen LogP contribution in [0, 0.1) is 17.8 Å². The molecule has 0 bridgehead atoms. The van der Waals surface area contributed by atoms with Gasteiger partial charge in [0, 0.05) is 18.8 Å². The van der Waals surface area contributed by atoms with E-state index >= 15 is 0 Å². The molecule has 0 amide bonds. The monoisotopic (exact) mass is 392 g/mol. The van der Waals surface area contributed by atoms with Crippen LogP contribution in [0.3, 0.4) is 0 Å². The molecule has 0 unspecified atom stereocenters. The Bertz CT molecular complexity index is 641. The number of unbranched alkanes of at least 4 members (excludes halogenated alkanes) is 4. The van der Waals surface area contributed by atoms with Crippen LogP contribution < -0.4 is 0 Å². The van der Waals surface area contributed by atoms with Crippen molar-refractivity contribution < 1.29 is 24.5 Å². The topological polar surface area (TPSA) is 76.0 Å². The largest absolute Gasteiger partial charge is 0.457 e. The van der Waals surface area contributed by atoms with Gasteiger partial charge in [-0.1, -0.05) is 52.2 Å². The van der Waals surface area contributed by atoms with E-state index in [1.165, 1.54) is 12.8 Å². The standard InChI is InChI=1S/C23H36O5/c1-5-6-7-8-9-10-19(24)28-21-15(2)11-12-18-16(3)13-22(25)23(26,20(18)21)17(4)14-27-22/h11,16,18,20-21,25-26H,4-10,12-14H2,1-3H3/t16-,18+,20+,21+,22+,23+/m0/s1. The van der Waals surface area contributed by atoms with E-state index in [0.29, 0.717) is 18.4 Å². The lowest BCUT2D eigenvalue weighted by molar-refractivity contribution is -0.307. The van der Waals surface area contributed by atoms with Gasteiger partial charge >= 0.3 is 5.97 Å². The van der Waals surface area contributed by atoms with Gasteiger partial charge in [-0.25, -0.2) is 0 Å². The first-order valence-electron chi connectivity index (χ1n) is 10.9. The number of rotatable bonds is 7. The molecule has 5 nitrogen and oxygen atoms in total. The fourth-order valence-electron chi connectivity index (χ4n) is 5.45. The van der Waals surface area contributed by atoms with Crippen molar-refractivity contribution in [2.45, 2.75) is 89.6 Å². The number of hydrogen-bond acceptors (Lipinski definition) is 5. The lowest BCUT2D eigenvalue weighted by Crippen LogP contribution is -2.67. The molecule has 3 aliphatic rings. The van der Waals surface area contributed by atoms with Crippen LogP contribution in [-0.2, 0) is 14.3 Å². The fraction of sp³-hybridized carbons (Fsp3) is 0.783. The Hall–Kier alpha value is -1.17. The first-order valence-corrected chi connectivity index (χ1v) is 10.9. The van der Waals surface area contributed by atoms with Gasteiger partial charge in [0.15, 0.2) is 5.79 Å². The van der Waals surface area contributed by atoms with E-state index < -0.39 is 23.4 Å². The molecule has 0 radical (unpaired) electrons. The molecule has 1 saturated carbocycles. The van der Waals surface area contributed by atoms with Gasteiger partial charge in [-0.3, -0.25) is 4.79 Å². The van der Waals surface area contributed by atoms with Crippen molar-refractivity contribution in [2.75, 3.05) is 6.61 Å². The molecule has 2 fully saturated rings. The van der Waals surface area contributed by atoms with Gasteiger partial charge in [-0.05, 0) is 42.7 Å². The van der Waals surface area contributed by atoms with Gasteiger partial charge in [-0.15, -0.1) is 0 Å². The molecular formula is C23H36O5. The van der Waals surface area contributed by atoms with Gasteiger partial charge in [0.25, 0.3) is 0 Å². The second-order valence-corrected chi connectivity index (χ2v) is 9.07. The van der Waals surface area contributed by atoms with Crippen LogP contribution in [0.2, 0.25) is 0 Å². The highest BCUT2D eigenvalue weighted by Gasteiger charge is 2.69. The molecule has 2 N–H and O–H groups in total. The summed E-state index contributed by atoms with van der Waals surface area (Å²) in [6, 6.07) is 0. The van der Waals surface area contributed by atoms with Crippen LogP contribution >= 0.6 is 0 Å². The second kappa shape index (κ2) is 8.29. The van der Waals surface area contributed by atoms with Gasteiger partial charge in [0.05, 0.1) is 6.61 Å². The van der Waals surface area contributed by atoms with E-state index in [2.05, 4.69) is 26.5 Å². The van der Waals surface area contributed by atoms with Crippen LogP contribution in [0.5, 0.6) is 0 Å². The molecule has 0 aromatic heterocycles. The third-order valence-electron chi connectivity index (χ3n) is 7.12. The highest BCUT2D eigenvalue weighted by atomic mass is 16.7. The third kappa shape index (κ3) is 3.57. The van der Waals surface area contributed by atoms with E-state index in [-0.39, 0.29) is 24.4 Å². The predicted molar refractivity (Wildman–Crippen MR) is 107 cm³/mol. The summed E-state index contributed by atoms with van der Waals surface area (Å²) in [7, 11) is 0. The van der Waals surface area contributed by atoms with E-state index in [1.54, 1.807) is 0 Å². The van der Waals surface area contributed by atoms with Crippen molar-refractivity contribution >= 4 is 5.97 Å². The number of carbonyl (C=O) groups is 1. The number of fused-ring (bicyclic) bond motifs is 3. The Morgan fingerprint density at radius 3 is 2.75 bits per heavy atom. The highest BCUT2D eigenvalue weighted by molar-refractivity contribution is 5.70. The smallest absolute Gasteiger partial charge is 0.306 e. The Morgan fingerprint density at radius 1 is 1.32 bits per heavy atom. The molecule has 28 heavy (non-hydrogen) atoms. The maximum Gasteiger partial charge on any atom is 0.306 e. The number of esters is 1. The minimum Gasteiger partial charge on any atom is -0.457 e. The number of carbonyl (C=O) groups excluding carboxylic acids is 1.